The molecule has 2 rings (SSSR count). The molecule has 1 N–H and O–H groups in total. The monoisotopic (exact) mass is 316 g/mol. The number of anilines is 2. The van der Waals surface area contributed by atoms with Crippen LogP contribution >= 0.6 is 39.1 Å². The molecule has 0 fully saturated rings. The van der Waals surface area contributed by atoms with Gasteiger partial charge in [-0.15, -0.1) is 0 Å². The average Bonchev–Trinajstić information content (AvgIpc) is 2.25. The summed E-state index contributed by atoms with van der Waals surface area (Å²) in [6.07, 6.45) is 1.64. The molecule has 0 atom stereocenters. The molecule has 2 aromatic rings. The van der Waals surface area contributed by atoms with E-state index in [9.17, 15) is 0 Å². The van der Waals surface area contributed by atoms with Crippen molar-refractivity contribution in [1.29, 1.82) is 0 Å². The lowest BCUT2D eigenvalue weighted by Crippen LogP contribution is -1.92. The normalized spacial score (nSPS) is 10.2. The van der Waals surface area contributed by atoms with Gasteiger partial charge in [0.05, 0.1) is 15.2 Å². The average molecular weight is 318 g/mol. The summed E-state index contributed by atoms with van der Waals surface area (Å²) in [6, 6.07) is 9.19. The summed E-state index contributed by atoms with van der Waals surface area (Å²) in [5.41, 5.74) is 1.75. The first-order valence-corrected chi connectivity index (χ1v) is 6.04. The second-order valence-corrected chi connectivity index (χ2v) is 4.68. The third-order valence-electron chi connectivity index (χ3n) is 1.96. The van der Waals surface area contributed by atoms with Crippen LogP contribution in [0.5, 0.6) is 0 Å². The Morgan fingerprint density at radius 2 is 2.00 bits per heavy atom. The minimum atomic E-state index is 0.447. The number of halogens is 3. The van der Waals surface area contributed by atoms with Gasteiger partial charge in [-0.05, 0) is 40.2 Å². The molecule has 5 heteroatoms. The molecule has 0 amide bonds. The molecule has 0 aliphatic rings. The second kappa shape index (κ2) is 5.04. The van der Waals surface area contributed by atoms with Crippen molar-refractivity contribution in [1.82, 2.24) is 4.98 Å². The maximum absolute atomic E-state index is 5.99. The molecule has 0 saturated carbocycles. The van der Waals surface area contributed by atoms with E-state index in [0.717, 1.165) is 15.8 Å². The molecule has 1 heterocycles. The molecule has 0 unspecified atom stereocenters. The summed E-state index contributed by atoms with van der Waals surface area (Å²) in [5.74, 6) is 0. The molecule has 1 aromatic heterocycles. The van der Waals surface area contributed by atoms with Crippen molar-refractivity contribution in [3.8, 4) is 0 Å². The van der Waals surface area contributed by atoms with Crippen molar-refractivity contribution >= 4 is 50.5 Å². The van der Waals surface area contributed by atoms with Gasteiger partial charge in [-0.3, -0.25) is 0 Å². The smallest absolute Gasteiger partial charge is 0.131 e. The zero-order chi connectivity index (χ0) is 11.5. The van der Waals surface area contributed by atoms with Crippen LogP contribution < -0.4 is 5.32 Å². The number of nitrogens with zero attached hydrogens (tertiary/aromatic N) is 1. The number of rotatable bonds is 2. The van der Waals surface area contributed by atoms with Crippen molar-refractivity contribution in [3.63, 3.8) is 0 Å². The Balaban J connectivity index is 2.31. The molecule has 0 saturated heterocycles. The van der Waals surface area contributed by atoms with Crippen molar-refractivity contribution in [2.24, 2.45) is 0 Å². The maximum atomic E-state index is 5.99. The first kappa shape index (κ1) is 11.7. The van der Waals surface area contributed by atoms with Gasteiger partial charge < -0.3 is 5.32 Å². The van der Waals surface area contributed by atoms with Crippen LogP contribution in [0.4, 0.5) is 11.4 Å². The van der Waals surface area contributed by atoms with E-state index in [1.165, 1.54) is 0 Å². The van der Waals surface area contributed by atoms with E-state index < -0.39 is 0 Å². The molecule has 0 aliphatic carbocycles. The number of aromatic nitrogens is 1. The Hall–Kier alpha value is -0.770. The summed E-state index contributed by atoms with van der Waals surface area (Å²) >= 11 is 15.2. The minimum Gasteiger partial charge on any atom is -0.354 e. The molecule has 82 valence electrons. The zero-order valence-electron chi connectivity index (χ0n) is 8.05. The predicted molar refractivity (Wildman–Crippen MR) is 71.7 cm³/mol. The third kappa shape index (κ3) is 2.67. The molecule has 0 radical (unpaired) electrons. The first-order valence-electron chi connectivity index (χ1n) is 4.49. The number of nitrogens with one attached hydrogen (secondary N) is 1. The number of pyridine rings is 1. The Labute approximate surface area is 112 Å². The Bertz CT molecular complexity index is 517. The molecular weight excluding hydrogens is 311 g/mol. The van der Waals surface area contributed by atoms with Gasteiger partial charge in [0.1, 0.15) is 5.15 Å². The highest BCUT2D eigenvalue weighted by molar-refractivity contribution is 9.10. The Morgan fingerprint density at radius 3 is 2.75 bits per heavy atom. The molecule has 2 nitrogen and oxygen atoms in total. The largest absolute Gasteiger partial charge is 0.354 e. The zero-order valence-corrected chi connectivity index (χ0v) is 11.1. The number of hydrogen-bond donors (Lipinski definition) is 1. The van der Waals surface area contributed by atoms with Crippen molar-refractivity contribution in [2.45, 2.75) is 0 Å². The lowest BCUT2D eigenvalue weighted by atomic mass is 10.3. The summed E-state index contributed by atoms with van der Waals surface area (Å²) < 4.78 is 0.824. The summed E-state index contributed by atoms with van der Waals surface area (Å²) in [7, 11) is 0. The van der Waals surface area contributed by atoms with Crippen molar-refractivity contribution < 1.29 is 0 Å². The Kier molecular flexibility index (Phi) is 3.69. The van der Waals surface area contributed by atoms with Gasteiger partial charge in [-0.25, -0.2) is 4.98 Å². The van der Waals surface area contributed by atoms with E-state index in [1.54, 1.807) is 12.3 Å². The van der Waals surface area contributed by atoms with Crippen LogP contribution in [0.2, 0.25) is 10.2 Å². The first-order chi connectivity index (χ1) is 7.66. The van der Waals surface area contributed by atoms with Gasteiger partial charge in [0.2, 0.25) is 0 Å². The van der Waals surface area contributed by atoms with Crippen LogP contribution in [-0.2, 0) is 0 Å². The van der Waals surface area contributed by atoms with E-state index in [1.807, 2.05) is 24.3 Å². The summed E-state index contributed by atoms with van der Waals surface area (Å²) in [4.78, 5) is 3.91. The Morgan fingerprint density at radius 1 is 1.19 bits per heavy atom. The fourth-order valence-electron chi connectivity index (χ4n) is 1.24. The van der Waals surface area contributed by atoms with Crippen molar-refractivity contribution in [2.75, 3.05) is 5.32 Å². The highest BCUT2D eigenvalue weighted by atomic mass is 79.9. The topological polar surface area (TPSA) is 24.9 Å². The fourth-order valence-corrected chi connectivity index (χ4v) is 1.95. The van der Waals surface area contributed by atoms with Crippen LogP contribution in [0.15, 0.2) is 41.0 Å². The van der Waals surface area contributed by atoms with Gasteiger partial charge in [0, 0.05) is 11.9 Å². The predicted octanol–water partition coefficient (Wildman–Crippen LogP) is 4.89. The fraction of sp³-hybridized carbons (Fsp3) is 0. The van der Waals surface area contributed by atoms with Gasteiger partial charge in [0.25, 0.3) is 0 Å². The lowest BCUT2D eigenvalue weighted by Gasteiger charge is -2.09. The van der Waals surface area contributed by atoms with Gasteiger partial charge >= 0.3 is 0 Å². The van der Waals surface area contributed by atoms with Crippen LogP contribution in [0.25, 0.3) is 0 Å². The van der Waals surface area contributed by atoms with Crippen molar-refractivity contribution in [3.05, 3.63) is 51.2 Å². The molecule has 0 aliphatic heterocycles. The van der Waals surface area contributed by atoms with Gasteiger partial charge in [0.15, 0.2) is 0 Å². The van der Waals surface area contributed by atoms with Crippen LogP contribution in [-0.4, -0.2) is 4.98 Å². The second-order valence-electron chi connectivity index (χ2n) is 3.09. The highest BCUT2D eigenvalue weighted by Gasteiger charge is 2.04. The van der Waals surface area contributed by atoms with Crippen LogP contribution in [0.3, 0.4) is 0 Å². The molecular formula is C11H7BrCl2N2. The quantitative estimate of drug-likeness (QED) is 0.797. The molecule has 0 spiro atoms. The van der Waals surface area contributed by atoms with E-state index in [2.05, 4.69) is 26.2 Å². The molecule has 16 heavy (non-hydrogen) atoms. The lowest BCUT2D eigenvalue weighted by molar-refractivity contribution is 1.32. The van der Waals surface area contributed by atoms with Crippen LogP contribution in [0.1, 0.15) is 0 Å². The number of benzene rings is 1. The molecule has 1 aromatic carbocycles. The summed E-state index contributed by atoms with van der Waals surface area (Å²) in [6.45, 7) is 0. The number of hydrogen-bond acceptors (Lipinski definition) is 2. The van der Waals surface area contributed by atoms with Crippen LogP contribution in [0, 0.1) is 0 Å². The van der Waals surface area contributed by atoms with Gasteiger partial charge in [-0.1, -0.05) is 29.3 Å². The third-order valence-corrected chi connectivity index (χ3v) is 3.56. The van der Waals surface area contributed by atoms with Gasteiger partial charge in [-0.2, -0.15) is 0 Å². The minimum absolute atomic E-state index is 0.447. The summed E-state index contributed by atoms with van der Waals surface area (Å²) in [5, 5.41) is 4.30. The van der Waals surface area contributed by atoms with E-state index in [4.69, 9.17) is 23.2 Å². The van der Waals surface area contributed by atoms with E-state index in [0.29, 0.717) is 10.2 Å². The maximum Gasteiger partial charge on any atom is 0.131 e. The standard InChI is InChI=1S/C11H7BrCl2N2/c12-11-8(13)2-1-3-9(11)16-7-4-5-15-10(14)6-7/h1-6H,(H,15,16). The molecule has 0 bridgehead atoms. The van der Waals surface area contributed by atoms with E-state index in [-0.39, 0.29) is 0 Å². The van der Waals surface area contributed by atoms with E-state index >= 15 is 0 Å². The SMILES string of the molecule is Clc1cc(Nc2cccc(Cl)c2Br)ccn1. The highest BCUT2D eigenvalue weighted by Crippen LogP contribution is 2.32.